The van der Waals surface area contributed by atoms with Gasteiger partial charge in [-0.3, -0.25) is 0 Å². The molecule has 1 heterocycles. The minimum absolute atomic E-state index is 0.591. The highest BCUT2D eigenvalue weighted by Gasteiger charge is 2.27. The molecule has 0 radical (unpaired) electrons. The molecule has 3 heteroatoms. The zero-order valence-corrected chi connectivity index (χ0v) is 11.3. The molecule has 0 saturated carbocycles. The Morgan fingerprint density at radius 1 is 1.50 bits per heavy atom. The van der Waals surface area contributed by atoms with Crippen LogP contribution in [0.5, 0.6) is 0 Å². The van der Waals surface area contributed by atoms with Crippen molar-refractivity contribution < 1.29 is 0 Å². The van der Waals surface area contributed by atoms with Gasteiger partial charge in [-0.05, 0) is 56.1 Å². The molecule has 1 aliphatic heterocycles. The molecule has 0 amide bonds. The number of hydrogen-bond acceptors (Lipinski definition) is 2. The molecule has 16 heavy (non-hydrogen) atoms. The first-order valence-electron chi connectivity index (χ1n) is 5.85. The van der Waals surface area contributed by atoms with Crippen LogP contribution in [0.1, 0.15) is 17.9 Å². The maximum atomic E-state index is 5.89. The first-order valence-corrected chi connectivity index (χ1v) is 6.64. The van der Waals surface area contributed by atoms with Gasteiger partial charge in [-0.15, -0.1) is 0 Å². The number of rotatable bonds is 2. The average Bonchev–Trinajstić information content (AvgIpc) is 2.28. The summed E-state index contributed by atoms with van der Waals surface area (Å²) in [5.41, 5.74) is 7.32. The van der Waals surface area contributed by atoms with E-state index in [9.17, 15) is 0 Å². The molecule has 2 unspecified atom stereocenters. The Balaban J connectivity index is 2.19. The molecule has 0 spiro atoms. The fraction of sp³-hybridized carbons (Fsp3) is 0.538. The number of benzene rings is 1. The van der Waals surface area contributed by atoms with Gasteiger partial charge in [0, 0.05) is 11.0 Å². The molecule has 2 nitrogen and oxygen atoms in total. The van der Waals surface area contributed by atoms with E-state index in [-0.39, 0.29) is 0 Å². The van der Waals surface area contributed by atoms with Crippen LogP contribution in [0.25, 0.3) is 0 Å². The van der Waals surface area contributed by atoms with Crippen molar-refractivity contribution in [1.82, 2.24) is 4.90 Å². The molecule has 1 fully saturated rings. The summed E-state index contributed by atoms with van der Waals surface area (Å²) in [4.78, 5) is 2.38. The van der Waals surface area contributed by atoms with Crippen molar-refractivity contribution in [3.8, 4) is 0 Å². The molecule has 0 aromatic heterocycles. The van der Waals surface area contributed by atoms with E-state index in [0.717, 1.165) is 13.1 Å². The third-order valence-electron chi connectivity index (χ3n) is 3.52. The highest BCUT2D eigenvalue weighted by molar-refractivity contribution is 9.10. The minimum atomic E-state index is 0.591. The van der Waals surface area contributed by atoms with Gasteiger partial charge in [-0.25, -0.2) is 0 Å². The quantitative estimate of drug-likeness (QED) is 0.903. The lowest BCUT2D eigenvalue weighted by atomic mass is 9.81. The van der Waals surface area contributed by atoms with Crippen LogP contribution in [0.4, 0.5) is 0 Å². The fourth-order valence-electron chi connectivity index (χ4n) is 2.63. The lowest BCUT2D eigenvalue weighted by Crippen LogP contribution is -2.40. The van der Waals surface area contributed by atoms with Crippen LogP contribution in [-0.4, -0.2) is 31.6 Å². The van der Waals surface area contributed by atoms with Crippen molar-refractivity contribution in [3.05, 3.63) is 34.3 Å². The van der Waals surface area contributed by atoms with Crippen molar-refractivity contribution in [2.24, 2.45) is 11.7 Å². The first kappa shape index (κ1) is 12.1. The van der Waals surface area contributed by atoms with Crippen molar-refractivity contribution in [2.45, 2.75) is 12.3 Å². The van der Waals surface area contributed by atoms with Crippen LogP contribution in [0.3, 0.4) is 0 Å². The maximum Gasteiger partial charge on any atom is 0.0178 e. The van der Waals surface area contributed by atoms with E-state index in [0.29, 0.717) is 11.8 Å². The summed E-state index contributed by atoms with van der Waals surface area (Å²) in [5.74, 6) is 1.21. The number of halogens is 1. The standard InChI is InChI=1S/C13H19BrN2/c1-16-6-5-13(11(8-15)9-16)10-3-2-4-12(14)7-10/h2-4,7,11,13H,5-6,8-9,15H2,1H3. The molecule has 1 saturated heterocycles. The molecule has 2 N–H and O–H groups in total. The molecule has 2 rings (SSSR count). The molecule has 1 aromatic carbocycles. The van der Waals surface area contributed by atoms with E-state index in [2.05, 4.69) is 52.1 Å². The third-order valence-corrected chi connectivity index (χ3v) is 4.01. The summed E-state index contributed by atoms with van der Waals surface area (Å²) in [6, 6.07) is 8.66. The number of nitrogens with two attached hydrogens (primary N) is 1. The fourth-order valence-corrected chi connectivity index (χ4v) is 3.05. The molecule has 88 valence electrons. The number of likely N-dealkylation sites (tertiary alicyclic amines) is 1. The second-order valence-corrected chi connectivity index (χ2v) is 5.62. The van der Waals surface area contributed by atoms with E-state index in [1.807, 2.05) is 0 Å². The van der Waals surface area contributed by atoms with E-state index in [4.69, 9.17) is 5.73 Å². The topological polar surface area (TPSA) is 29.3 Å². The minimum Gasteiger partial charge on any atom is -0.330 e. The van der Waals surface area contributed by atoms with Gasteiger partial charge in [-0.1, -0.05) is 28.1 Å². The van der Waals surface area contributed by atoms with E-state index in [1.165, 1.54) is 23.0 Å². The molecular weight excluding hydrogens is 264 g/mol. The summed E-state index contributed by atoms with van der Waals surface area (Å²) in [5, 5.41) is 0. The monoisotopic (exact) mass is 282 g/mol. The Morgan fingerprint density at radius 3 is 3.00 bits per heavy atom. The van der Waals surface area contributed by atoms with E-state index >= 15 is 0 Å². The Morgan fingerprint density at radius 2 is 2.31 bits per heavy atom. The Kier molecular flexibility index (Phi) is 4.00. The van der Waals surface area contributed by atoms with Crippen LogP contribution in [0.2, 0.25) is 0 Å². The predicted molar refractivity (Wildman–Crippen MR) is 71.5 cm³/mol. The van der Waals surface area contributed by atoms with Gasteiger partial charge in [0.15, 0.2) is 0 Å². The maximum absolute atomic E-state index is 5.89. The SMILES string of the molecule is CN1CCC(c2cccc(Br)c2)C(CN)C1. The lowest BCUT2D eigenvalue weighted by molar-refractivity contribution is 0.188. The first-order chi connectivity index (χ1) is 7.70. The third kappa shape index (κ3) is 2.65. The number of nitrogens with zero attached hydrogens (tertiary/aromatic N) is 1. The Hall–Kier alpha value is -0.380. The summed E-state index contributed by atoms with van der Waals surface area (Å²) < 4.78 is 1.17. The molecule has 1 aromatic rings. The molecule has 2 atom stereocenters. The lowest BCUT2D eigenvalue weighted by Gasteiger charge is -2.36. The molecule has 0 bridgehead atoms. The Labute approximate surface area is 106 Å². The normalized spacial score (nSPS) is 26.9. The predicted octanol–water partition coefficient (Wildman–Crippen LogP) is 2.44. The summed E-state index contributed by atoms with van der Waals surface area (Å²) in [6.45, 7) is 3.07. The van der Waals surface area contributed by atoms with Gasteiger partial charge in [-0.2, -0.15) is 0 Å². The average molecular weight is 283 g/mol. The van der Waals surface area contributed by atoms with Gasteiger partial charge in [0.25, 0.3) is 0 Å². The molecule has 1 aliphatic rings. The van der Waals surface area contributed by atoms with E-state index in [1.54, 1.807) is 0 Å². The van der Waals surface area contributed by atoms with Crippen LogP contribution < -0.4 is 5.73 Å². The number of hydrogen-bond donors (Lipinski definition) is 1. The van der Waals surface area contributed by atoms with Crippen LogP contribution in [0, 0.1) is 5.92 Å². The highest BCUT2D eigenvalue weighted by atomic mass is 79.9. The highest BCUT2D eigenvalue weighted by Crippen LogP contribution is 2.33. The molecular formula is C13H19BrN2. The Bertz CT molecular complexity index is 354. The summed E-state index contributed by atoms with van der Waals surface area (Å²) >= 11 is 3.54. The van der Waals surface area contributed by atoms with Crippen molar-refractivity contribution in [1.29, 1.82) is 0 Å². The van der Waals surface area contributed by atoms with Crippen molar-refractivity contribution in [2.75, 3.05) is 26.7 Å². The van der Waals surface area contributed by atoms with Gasteiger partial charge >= 0.3 is 0 Å². The summed E-state index contributed by atoms with van der Waals surface area (Å²) in [7, 11) is 2.18. The van der Waals surface area contributed by atoms with Crippen LogP contribution in [0.15, 0.2) is 28.7 Å². The van der Waals surface area contributed by atoms with Crippen LogP contribution >= 0.6 is 15.9 Å². The number of piperidine rings is 1. The van der Waals surface area contributed by atoms with Crippen LogP contribution in [-0.2, 0) is 0 Å². The van der Waals surface area contributed by atoms with Gasteiger partial charge < -0.3 is 10.6 Å². The summed E-state index contributed by atoms with van der Waals surface area (Å²) in [6.07, 6.45) is 1.22. The zero-order valence-electron chi connectivity index (χ0n) is 9.70. The van der Waals surface area contributed by atoms with E-state index < -0.39 is 0 Å². The van der Waals surface area contributed by atoms with Gasteiger partial charge in [0.2, 0.25) is 0 Å². The zero-order chi connectivity index (χ0) is 11.5. The molecule has 0 aliphatic carbocycles. The second kappa shape index (κ2) is 5.30. The largest absolute Gasteiger partial charge is 0.330 e. The van der Waals surface area contributed by atoms with Crippen molar-refractivity contribution >= 4 is 15.9 Å². The van der Waals surface area contributed by atoms with Crippen molar-refractivity contribution in [3.63, 3.8) is 0 Å². The smallest absolute Gasteiger partial charge is 0.0178 e. The van der Waals surface area contributed by atoms with Gasteiger partial charge in [0.1, 0.15) is 0 Å². The van der Waals surface area contributed by atoms with Gasteiger partial charge in [0.05, 0.1) is 0 Å². The second-order valence-electron chi connectivity index (χ2n) is 4.71.